The molecular weight excluding hydrogens is 377 g/mol. The summed E-state index contributed by atoms with van der Waals surface area (Å²) < 4.78 is 67.0. The van der Waals surface area contributed by atoms with Crippen LogP contribution < -0.4 is 10.1 Å². The van der Waals surface area contributed by atoms with Gasteiger partial charge in [-0.2, -0.15) is 4.31 Å². The number of aliphatic hydroxyl groups is 1. The van der Waals surface area contributed by atoms with Gasteiger partial charge >= 0.3 is 6.36 Å². The Morgan fingerprint density at radius 3 is 2.54 bits per heavy atom. The Hall–Kier alpha value is -1.85. The second-order valence-corrected chi connectivity index (χ2v) is 7.65. The Labute approximate surface area is 148 Å². The fourth-order valence-corrected chi connectivity index (χ4v) is 4.17. The van der Waals surface area contributed by atoms with Gasteiger partial charge < -0.3 is 15.2 Å². The van der Waals surface area contributed by atoms with Crippen molar-refractivity contribution in [2.45, 2.75) is 24.1 Å². The van der Waals surface area contributed by atoms with E-state index in [1.165, 1.54) is 12.1 Å². The number of nitrogens with one attached hydrogen (secondary N) is 1. The topological polar surface area (TPSA) is 95.9 Å². The van der Waals surface area contributed by atoms with Crippen molar-refractivity contribution in [2.24, 2.45) is 5.92 Å². The molecule has 0 saturated carbocycles. The number of rotatable bonds is 6. The summed E-state index contributed by atoms with van der Waals surface area (Å²) in [5, 5.41) is 11.2. The summed E-state index contributed by atoms with van der Waals surface area (Å²) in [6.45, 7) is 0.0897. The van der Waals surface area contributed by atoms with Gasteiger partial charge in [-0.1, -0.05) is 6.07 Å². The highest BCUT2D eigenvalue weighted by Crippen LogP contribution is 2.28. The molecule has 26 heavy (non-hydrogen) atoms. The van der Waals surface area contributed by atoms with Crippen LogP contribution in [0, 0.1) is 5.92 Å². The van der Waals surface area contributed by atoms with Crippen LogP contribution in [-0.4, -0.2) is 56.3 Å². The molecule has 1 aliphatic heterocycles. The second kappa shape index (κ2) is 8.23. The molecule has 0 spiro atoms. The third-order valence-electron chi connectivity index (χ3n) is 3.91. The summed E-state index contributed by atoms with van der Waals surface area (Å²) in [5.74, 6) is -1.23. The Morgan fingerprint density at radius 1 is 1.31 bits per heavy atom. The SMILES string of the molecule is O=C(NCCO)C1CCN(S(=O)(=O)c2cccc(OC(F)(F)F)c2)CC1. The van der Waals surface area contributed by atoms with Gasteiger partial charge in [0.2, 0.25) is 15.9 Å². The average Bonchev–Trinajstić information content (AvgIpc) is 2.58. The molecule has 1 heterocycles. The molecule has 1 amide bonds. The first kappa shape index (κ1) is 20.5. The molecule has 0 atom stereocenters. The van der Waals surface area contributed by atoms with Crippen molar-refractivity contribution in [3.8, 4) is 5.75 Å². The standard InChI is InChI=1S/C15H19F3N2O5S/c16-15(17,18)25-12-2-1-3-13(10-12)26(23,24)20-7-4-11(5-8-20)14(22)19-6-9-21/h1-3,10-11,21H,4-9H2,(H,19,22). The van der Waals surface area contributed by atoms with E-state index >= 15 is 0 Å². The molecule has 146 valence electrons. The average molecular weight is 396 g/mol. The minimum Gasteiger partial charge on any atom is -0.406 e. The maximum Gasteiger partial charge on any atom is 0.573 e. The molecule has 7 nitrogen and oxygen atoms in total. The van der Waals surface area contributed by atoms with E-state index in [1.807, 2.05) is 0 Å². The van der Waals surface area contributed by atoms with Crippen molar-refractivity contribution < 1.29 is 36.2 Å². The van der Waals surface area contributed by atoms with E-state index in [4.69, 9.17) is 5.11 Å². The Bertz CT molecular complexity index is 731. The van der Waals surface area contributed by atoms with Crippen LogP contribution in [-0.2, 0) is 14.8 Å². The third-order valence-corrected chi connectivity index (χ3v) is 5.81. The van der Waals surface area contributed by atoms with E-state index < -0.39 is 22.1 Å². The lowest BCUT2D eigenvalue weighted by Crippen LogP contribution is -2.43. The summed E-state index contributed by atoms with van der Waals surface area (Å²) in [7, 11) is -3.99. The van der Waals surface area contributed by atoms with Crippen molar-refractivity contribution in [3.63, 3.8) is 0 Å². The number of ether oxygens (including phenoxy) is 1. The van der Waals surface area contributed by atoms with Gasteiger partial charge in [0.15, 0.2) is 0 Å². The first-order chi connectivity index (χ1) is 12.1. The number of aliphatic hydroxyl groups excluding tert-OH is 1. The van der Waals surface area contributed by atoms with E-state index in [9.17, 15) is 26.4 Å². The van der Waals surface area contributed by atoms with Crippen molar-refractivity contribution in [1.29, 1.82) is 0 Å². The summed E-state index contributed by atoms with van der Waals surface area (Å²) in [4.78, 5) is 11.5. The first-order valence-corrected chi connectivity index (χ1v) is 9.32. The lowest BCUT2D eigenvalue weighted by Gasteiger charge is -2.30. The van der Waals surface area contributed by atoms with E-state index in [0.717, 1.165) is 16.4 Å². The molecule has 11 heteroatoms. The lowest BCUT2D eigenvalue weighted by atomic mass is 9.97. The minimum absolute atomic E-state index is 0.0733. The molecular formula is C15H19F3N2O5S. The number of sulfonamides is 1. The minimum atomic E-state index is -4.91. The zero-order chi connectivity index (χ0) is 19.4. The highest BCUT2D eigenvalue weighted by atomic mass is 32.2. The number of nitrogens with zero attached hydrogens (tertiary/aromatic N) is 1. The number of halogens is 3. The van der Waals surface area contributed by atoms with Crippen LogP contribution in [0.25, 0.3) is 0 Å². The van der Waals surface area contributed by atoms with Gasteiger partial charge in [-0.05, 0) is 25.0 Å². The molecule has 2 rings (SSSR count). The van der Waals surface area contributed by atoms with Crippen LogP contribution in [0.4, 0.5) is 13.2 Å². The fourth-order valence-electron chi connectivity index (χ4n) is 2.66. The van der Waals surface area contributed by atoms with Gasteiger partial charge in [-0.3, -0.25) is 4.79 Å². The summed E-state index contributed by atoms with van der Waals surface area (Å²) in [6.07, 6.45) is -4.34. The van der Waals surface area contributed by atoms with Gasteiger partial charge in [-0.25, -0.2) is 8.42 Å². The largest absolute Gasteiger partial charge is 0.573 e. The van der Waals surface area contributed by atoms with E-state index in [-0.39, 0.29) is 55.8 Å². The van der Waals surface area contributed by atoms with E-state index in [1.54, 1.807) is 0 Å². The number of piperidine rings is 1. The highest BCUT2D eigenvalue weighted by Gasteiger charge is 2.34. The summed E-state index contributed by atoms with van der Waals surface area (Å²) in [5.41, 5.74) is 0. The molecule has 2 N–H and O–H groups in total. The van der Waals surface area contributed by atoms with Crippen LogP contribution in [0.1, 0.15) is 12.8 Å². The van der Waals surface area contributed by atoms with Gasteiger partial charge in [0.25, 0.3) is 0 Å². The number of hydrogen-bond donors (Lipinski definition) is 2. The number of alkyl halides is 3. The fraction of sp³-hybridized carbons (Fsp3) is 0.533. The monoisotopic (exact) mass is 396 g/mol. The van der Waals surface area contributed by atoms with Gasteiger partial charge in [0.1, 0.15) is 5.75 Å². The normalized spacial score (nSPS) is 17.1. The summed E-state index contributed by atoms with van der Waals surface area (Å²) >= 11 is 0. The predicted molar refractivity (Wildman–Crippen MR) is 84.7 cm³/mol. The van der Waals surface area contributed by atoms with Gasteiger partial charge in [-0.15, -0.1) is 13.2 Å². The van der Waals surface area contributed by atoms with Gasteiger partial charge in [0.05, 0.1) is 11.5 Å². The van der Waals surface area contributed by atoms with Crippen molar-refractivity contribution >= 4 is 15.9 Å². The highest BCUT2D eigenvalue weighted by molar-refractivity contribution is 7.89. The zero-order valence-corrected chi connectivity index (χ0v) is 14.5. The maximum atomic E-state index is 12.6. The summed E-state index contributed by atoms with van der Waals surface area (Å²) in [6, 6.07) is 4.20. The molecule has 0 aliphatic carbocycles. The van der Waals surface area contributed by atoms with Crippen molar-refractivity contribution in [3.05, 3.63) is 24.3 Å². The Morgan fingerprint density at radius 2 is 1.96 bits per heavy atom. The first-order valence-electron chi connectivity index (χ1n) is 7.88. The quantitative estimate of drug-likeness (QED) is 0.751. The second-order valence-electron chi connectivity index (χ2n) is 5.72. The maximum absolute atomic E-state index is 12.6. The van der Waals surface area contributed by atoms with Gasteiger partial charge in [0, 0.05) is 31.6 Å². The molecule has 1 aromatic carbocycles. The number of benzene rings is 1. The molecule has 1 fully saturated rings. The molecule has 0 radical (unpaired) electrons. The third kappa shape index (κ3) is 5.32. The molecule has 0 aromatic heterocycles. The van der Waals surface area contributed by atoms with Crippen LogP contribution in [0.2, 0.25) is 0 Å². The smallest absolute Gasteiger partial charge is 0.406 e. The van der Waals surface area contributed by atoms with Crippen molar-refractivity contribution in [2.75, 3.05) is 26.2 Å². The predicted octanol–water partition coefficient (Wildman–Crippen LogP) is 1.09. The van der Waals surface area contributed by atoms with E-state index in [2.05, 4.69) is 10.1 Å². The number of amides is 1. The lowest BCUT2D eigenvalue weighted by molar-refractivity contribution is -0.274. The van der Waals surface area contributed by atoms with Crippen LogP contribution in [0.5, 0.6) is 5.75 Å². The van der Waals surface area contributed by atoms with Crippen molar-refractivity contribution in [1.82, 2.24) is 9.62 Å². The molecule has 0 unspecified atom stereocenters. The number of carbonyl (C=O) groups is 1. The molecule has 1 saturated heterocycles. The molecule has 0 bridgehead atoms. The molecule has 1 aromatic rings. The van der Waals surface area contributed by atoms with Crippen LogP contribution in [0.3, 0.4) is 0 Å². The Balaban J connectivity index is 2.05. The Kier molecular flexibility index (Phi) is 6.48. The van der Waals surface area contributed by atoms with Crippen LogP contribution >= 0.6 is 0 Å². The number of hydrogen-bond acceptors (Lipinski definition) is 5. The van der Waals surface area contributed by atoms with E-state index in [0.29, 0.717) is 0 Å². The number of carbonyl (C=O) groups excluding carboxylic acids is 1. The van der Waals surface area contributed by atoms with Crippen LogP contribution in [0.15, 0.2) is 29.2 Å². The zero-order valence-electron chi connectivity index (χ0n) is 13.7. The molecule has 1 aliphatic rings.